The van der Waals surface area contributed by atoms with Crippen LogP contribution >= 0.6 is 0 Å². The molecule has 1 saturated heterocycles. The van der Waals surface area contributed by atoms with E-state index in [1.807, 2.05) is 36.4 Å². The second-order valence-corrected chi connectivity index (χ2v) is 8.88. The first-order valence-corrected chi connectivity index (χ1v) is 10.7. The predicted molar refractivity (Wildman–Crippen MR) is 105 cm³/mol. The summed E-state index contributed by atoms with van der Waals surface area (Å²) in [6, 6.07) is 13.2. The van der Waals surface area contributed by atoms with Crippen LogP contribution in [0.4, 0.5) is 11.4 Å². The second-order valence-electron chi connectivity index (χ2n) is 7.20. The largest absolute Gasteiger partial charge is 0.367 e. The molecule has 1 heterocycles. The molecule has 0 aromatic heterocycles. The lowest BCUT2D eigenvalue weighted by atomic mass is 10.1. The normalized spacial score (nSPS) is 18.0. The van der Waals surface area contributed by atoms with Gasteiger partial charge in [0.2, 0.25) is 0 Å². The molecule has 26 heavy (non-hydrogen) atoms. The van der Waals surface area contributed by atoms with Gasteiger partial charge < -0.3 is 9.80 Å². The van der Waals surface area contributed by atoms with Crippen molar-refractivity contribution in [3.8, 4) is 0 Å². The van der Waals surface area contributed by atoms with Crippen LogP contribution in [0.1, 0.15) is 17.5 Å². The number of nitrogens with zero attached hydrogens (tertiary/aromatic N) is 2. The number of nitrogens with one attached hydrogen (secondary N) is 1. The summed E-state index contributed by atoms with van der Waals surface area (Å²) in [7, 11) is -1.48. The van der Waals surface area contributed by atoms with E-state index in [0.29, 0.717) is 10.6 Å². The summed E-state index contributed by atoms with van der Waals surface area (Å²) in [5.41, 5.74) is 4.05. The summed E-state index contributed by atoms with van der Waals surface area (Å²) in [5.74, 6) is 0. The molecule has 2 aromatic rings. The van der Waals surface area contributed by atoms with E-state index < -0.39 is 10.0 Å². The van der Waals surface area contributed by atoms with Crippen molar-refractivity contribution >= 4 is 21.4 Å². The number of benzene rings is 2. The SMILES string of the molecule is CN1CCN(c2ccccc2NS(=O)(=O)c2ccc3c(c2)CCC3)CC1. The molecule has 138 valence electrons. The number of aryl methyl sites for hydroxylation is 2. The smallest absolute Gasteiger partial charge is 0.261 e. The van der Waals surface area contributed by atoms with Crippen molar-refractivity contribution in [1.82, 2.24) is 4.90 Å². The van der Waals surface area contributed by atoms with E-state index in [1.54, 1.807) is 6.07 Å². The summed E-state index contributed by atoms with van der Waals surface area (Å²) in [6.45, 7) is 3.75. The van der Waals surface area contributed by atoms with Gasteiger partial charge in [-0.1, -0.05) is 18.2 Å². The topological polar surface area (TPSA) is 52.6 Å². The molecule has 1 aliphatic heterocycles. The number of sulfonamides is 1. The van der Waals surface area contributed by atoms with Crippen molar-refractivity contribution in [3.63, 3.8) is 0 Å². The van der Waals surface area contributed by atoms with Gasteiger partial charge in [0.05, 0.1) is 16.3 Å². The Balaban J connectivity index is 1.60. The highest BCUT2D eigenvalue weighted by molar-refractivity contribution is 7.92. The van der Waals surface area contributed by atoms with Crippen LogP contribution in [0.15, 0.2) is 47.4 Å². The average Bonchev–Trinajstić information content (AvgIpc) is 3.10. The van der Waals surface area contributed by atoms with Crippen LogP contribution in [-0.4, -0.2) is 46.5 Å². The summed E-state index contributed by atoms with van der Waals surface area (Å²) in [6.07, 6.45) is 3.13. The van der Waals surface area contributed by atoms with E-state index in [1.165, 1.54) is 11.1 Å². The minimum atomic E-state index is -3.59. The Hall–Kier alpha value is -2.05. The van der Waals surface area contributed by atoms with E-state index in [-0.39, 0.29) is 0 Å². The van der Waals surface area contributed by atoms with Gasteiger partial charge in [-0.2, -0.15) is 0 Å². The van der Waals surface area contributed by atoms with E-state index >= 15 is 0 Å². The zero-order chi connectivity index (χ0) is 18.1. The Morgan fingerprint density at radius 1 is 0.923 bits per heavy atom. The lowest BCUT2D eigenvalue weighted by Crippen LogP contribution is -2.44. The molecule has 2 aliphatic rings. The first-order chi connectivity index (χ1) is 12.5. The second kappa shape index (κ2) is 6.93. The highest BCUT2D eigenvalue weighted by Gasteiger charge is 2.22. The van der Waals surface area contributed by atoms with Crippen molar-refractivity contribution in [2.45, 2.75) is 24.2 Å². The maximum Gasteiger partial charge on any atom is 0.261 e. The molecule has 6 heteroatoms. The lowest BCUT2D eigenvalue weighted by Gasteiger charge is -2.35. The van der Waals surface area contributed by atoms with E-state index in [4.69, 9.17) is 0 Å². The van der Waals surface area contributed by atoms with Crippen LogP contribution in [0.3, 0.4) is 0 Å². The number of para-hydroxylation sites is 2. The zero-order valence-electron chi connectivity index (χ0n) is 15.1. The van der Waals surface area contributed by atoms with Crippen molar-refractivity contribution in [2.75, 3.05) is 42.8 Å². The number of fused-ring (bicyclic) bond motifs is 1. The highest BCUT2D eigenvalue weighted by Crippen LogP contribution is 2.30. The van der Waals surface area contributed by atoms with Gasteiger partial charge in [0.15, 0.2) is 0 Å². The highest BCUT2D eigenvalue weighted by atomic mass is 32.2. The molecule has 0 radical (unpaired) electrons. The Labute approximate surface area is 155 Å². The molecule has 1 N–H and O–H groups in total. The van der Waals surface area contributed by atoms with Gasteiger partial charge in [0.1, 0.15) is 0 Å². The zero-order valence-corrected chi connectivity index (χ0v) is 15.9. The molecule has 1 aliphatic carbocycles. The fraction of sp³-hybridized carbons (Fsp3) is 0.400. The van der Waals surface area contributed by atoms with Gasteiger partial charge in [-0.05, 0) is 61.7 Å². The van der Waals surface area contributed by atoms with Crippen molar-refractivity contribution < 1.29 is 8.42 Å². The molecule has 0 bridgehead atoms. The molecular weight excluding hydrogens is 346 g/mol. The molecule has 0 unspecified atom stereocenters. The fourth-order valence-electron chi connectivity index (χ4n) is 3.80. The first kappa shape index (κ1) is 17.4. The van der Waals surface area contributed by atoms with Crippen LogP contribution in [-0.2, 0) is 22.9 Å². The molecule has 0 atom stereocenters. The van der Waals surface area contributed by atoms with Gasteiger partial charge in [-0.3, -0.25) is 4.72 Å². The van der Waals surface area contributed by atoms with Gasteiger partial charge in [0.25, 0.3) is 10.0 Å². The third-order valence-electron chi connectivity index (χ3n) is 5.37. The van der Waals surface area contributed by atoms with Gasteiger partial charge in [-0.25, -0.2) is 8.42 Å². The Morgan fingerprint density at radius 3 is 2.46 bits per heavy atom. The lowest BCUT2D eigenvalue weighted by molar-refractivity contribution is 0.313. The van der Waals surface area contributed by atoms with Crippen LogP contribution in [0, 0.1) is 0 Å². The fourth-order valence-corrected chi connectivity index (χ4v) is 4.93. The van der Waals surface area contributed by atoms with Crippen molar-refractivity contribution in [3.05, 3.63) is 53.6 Å². The van der Waals surface area contributed by atoms with E-state index in [0.717, 1.165) is 51.1 Å². The van der Waals surface area contributed by atoms with E-state index in [9.17, 15) is 8.42 Å². The summed E-state index contributed by atoms with van der Waals surface area (Å²) in [4.78, 5) is 4.89. The van der Waals surface area contributed by atoms with Crippen LogP contribution < -0.4 is 9.62 Å². The predicted octanol–water partition coefficient (Wildman–Crippen LogP) is 2.73. The number of hydrogen-bond acceptors (Lipinski definition) is 4. The third kappa shape index (κ3) is 3.44. The Bertz CT molecular complexity index is 903. The minimum Gasteiger partial charge on any atom is -0.367 e. The van der Waals surface area contributed by atoms with Gasteiger partial charge >= 0.3 is 0 Å². The maximum atomic E-state index is 13.0. The summed E-state index contributed by atoms with van der Waals surface area (Å²) in [5, 5.41) is 0. The molecule has 0 saturated carbocycles. The van der Waals surface area contributed by atoms with Crippen molar-refractivity contribution in [1.29, 1.82) is 0 Å². The third-order valence-corrected chi connectivity index (χ3v) is 6.74. The number of anilines is 2. The molecule has 2 aromatic carbocycles. The Morgan fingerprint density at radius 2 is 1.65 bits per heavy atom. The van der Waals surface area contributed by atoms with Crippen LogP contribution in [0.2, 0.25) is 0 Å². The standard InChI is InChI=1S/C20H25N3O2S/c1-22-11-13-23(14-12-22)20-8-3-2-7-19(20)21-26(24,25)18-10-9-16-5-4-6-17(16)15-18/h2-3,7-10,15,21H,4-6,11-14H2,1H3. The summed E-state index contributed by atoms with van der Waals surface area (Å²) < 4.78 is 28.7. The van der Waals surface area contributed by atoms with Gasteiger partial charge in [-0.15, -0.1) is 0 Å². The molecule has 1 fully saturated rings. The molecule has 0 amide bonds. The van der Waals surface area contributed by atoms with Gasteiger partial charge in [0, 0.05) is 26.2 Å². The minimum absolute atomic E-state index is 0.353. The Kier molecular flexibility index (Phi) is 4.63. The average molecular weight is 372 g/mol. The molecule has 5 nitrogen and oxygen atoms in total. The monoisotopic (exact) mass is 371 g/mol. The van der Waals surface area contributed by atoms with Crippen LogP contribution in [0.5, 0.6) is 0 Å². The number of hydrogen-bond donors (Lipinski definition) is 1. The summed E-state index contributed by atoms with van der Waals surface area (Å²) >= 11 is 0. The number of rotatable bonds is 4. The maximum absolute atomic E-state index is 13.0. The molecular formula is C20H25N3O2S. The molecule has 0 spiro atoms. The quantitative estimate of drug-likeness (QED) is 0.898. The number of likely N-dealkylation sites (N-methyl/N-ethyl adjacent to an activating group) is 1. The van der Waals surface area contributed by atoms with Crippen molar-refractivity contribution in [2.24, 2.45) is 0 Å². The number of piperazine rings is 1. The van der Waals surface area contributed by atoms with Crippen LogP contribution in [0.25, 0.3) is 0 Å². The first-order valence-electron chi connectivity index (χ1n) is 9.20. The van der Waals surface area contributed by atoms with E-state index in [2.05, 4.69) is 21.6 Å². The molecule has 4 rings (SSSR count).